The molecule has 1 aromatic rings. The lowest BCUT2D eigenvalue weighted by Gasteiger charge is -2.47. The molecule has 1 aromatic carbocycles. The van der Waals surface area contributed by atoms with Crippen molar-refractivity contribution in [1.29, 1.82) is 5.26 Å². The Morgan fingerprint density at radius 3 is 2.52 bits per heavy atom. The van der Waals surface area contributed by atoms with Crippen molar-refractivity contribution in [3.63, 3.8) is 0 Å². The zero-order valence-corrected chi connectivity index (χ0v) is 15.2. The molecule has 0 unspecified atom stereocenters. The van der Waals surface area contributed by atoms with Gasteiger partial charge in [0.05, 0.1) is 6.10 Å². The van der Waals surface area contributed by atoms with E-state index < -0.39 is 29.2 Å². The topological polar surface area (TPSA) is 69.9 Å². The monoisotopic (exact) mass is 363 g/mol. The van der Waals surface area contributed by atoms with Crippen LogP contribution in [0.25, 0.3) is 0 Å². The average molecular weight is 363 g/mol. The second kappa shape index (κ2) is 6.23. The molecular weight excluding hydrogens is 342 g/mol. The standard InChI is InChI=1S/C18H21NO5S/c1-17(2)22-14-13-12(21-16(20-3)15(14)23-17)9-25-18(10-19,24-13)11-7-5-4-6-8-11/h4-8,12-16H,9H2,1-3H3/t12-,13-,14+,15+,16+,18+/m0/s1. The van der Waals surface area contributed by atoms with Crippen LogP contribution in [-0.2, 0) is 28.6 Å². The number of fused-ring (bicyclic) bond motifs is 3. The third kappa shape index (κ3) is 2.87. The Morgan fingerprint density at radius 2 is 1.84 bits per heavy atom. The number of hydrogen-bond acceptors (Lipinski definition) is 7. The maximum Gasteiger partial charge on any atom is 0.227 e. The SMILES string of the molecule is CO[C@@H]1O[C@H]2CS[C@](C#N)(c3ccccc3)O[C@@H]2[C@H]2OC(C)(C)O[C@@H]12. The van der Waals surface area contributed by atoms with Crippen molar-refractivity contribution in [3.05, 3.63) is 35.9 Å². The predicted octanol–water partition coefficient (Wildman–Crippen LogP) is 2.39. The molecule has 3 fully saturated rings. The van der Waals surface area contributed by atoms with Gasteiger partial charge in [-0.25, -0.2) is 0 Å². The average Bonchev–Trinajstić information content (AvgIpc) is 2.97. The molecule has 0 saturated carbocycles. The highest BCUT2D eigenvalue weighted by molar-refractivity contribution is 8.00. The first-order valence-corrected chi connectivity index (χ1v) is 9.29. The van der Waals surface area contributed by atoms with Gasteiger partial charge in [-0.1, -0.05) is 30.3 Å². The lowest BCUT2D eigenvalue weighted by molar-refractivity contribution is -0.278. The van der Waals surface area contributed by atoms with Crippen molar-refractivity contribution >= 4 is 11.8 Å². The molecule has 6 atom stereocenters. The molecule has 0 amide bonds. The zero-order valence-electron chi connectivity index (χ0n) is 14.4. The lowest BCUT2D eigenvalue weighted by Crippen LogP contribution is -2.61. The first kappa shape index (κ1) is 17.3. The number of ether oxygens (including phenoxy) is 5. The molecular formula is C18H21NO5S. The third-order valence-corrected chi connectivity index (χ3v) is 6.04. The summed E-state index contributed by atoms with van der Waals surface area (Å²) in [5.41, 5.74) is 0.824. The summed E-state index contributed by atoms with van der Waals surface area (Å²) >= 11 is 1.44. The summed E-state index contributed by atoms with van der Waals surface area (Å²) in [6.45, 7) is 3.72. The van der Waals surface area contributed by atoms with E-state index in [2.05, 4.69) is 6.07 Å². The van der Waals surface area contributed by atoms with Crippen molar-refractivity contribution in [1.82, 2.24) is 0 Å². The molecule has 7 heteroatoms. The Morgan fingerprint density at radius 1 is 1.12 bits per heavy atom. The molecule has 0 radical (unpaired) electrons. The summed E-state index contributed by atoms with van der Waals surface area (Å²) in [4.78, 5) is -1.08. The van der Waals surface area contributed by atoms with Crippen LogP contribution in [0.2, 0.25) is 0 Å². The summed E-state index contributed by atoms with van der Waals surface area (Å²) in [5, 5.41) is 9.89. The van der Waals surface area contributed by atoms with E-state index in [0.717, 1.165) is 5.56 Å². The van der Waals surface area contributed by atoms with Gasteiger partial charge in [-0.15, -0.1) is 11.8 Å². The maximum absolute atomic E-state index is 9.89. The molecule has 3 aliphatic heterocycles. The quantitative estimate of drug-likeness (QED) is 0.799. The van der Waals surface area contributed by atoms with Crippen molar-refractivity contribution < 1.29 is 23.7 Å². The number of nitriles is 1. The zero-order chi connectivity index (χ0) is 17.7. The molecule has 134 valence electrons. The fraction of sp³-hybridized carbons (Fsp3) is 0.611. The van der Waals surface area contributed by atoms with E-state index in [1.165, 1.54) is 11.8 Å². The van der Waals surface area contributed by atoms with Crippen LogP contribution in [0.4, 0.5) is 0 Å². The lowest BCUT2D eigenvalue weighted by atomic mass is 9.98. The smallest absolute Gasteiger partial charge is 0.227 e. The molecule has 0 aromatic heterocycles. The molecule has 0 bridgehead atoms. The minimum Gasteiger partial charge on any atom is -0.353 e. The summed E-state index contributed by atoms with van der Waals surface area (Å²) in [6.07, 6.45) is -1.88. The largest absolute Gasteiger partial charge is 0.353 e. The highest BCUT2D eigenvalue weighted by atomic mass is 32.2. The second-order valence-corrected chi connectivity index (χ2v) is 8.03. The summed E-state index contributed by atoms with van der Waals surface area (Å²) in [5.74, 6) is -0.139. The van der Waals surface area contributed by atoms with Crippen molar-refractivity contribution in [2.24, 2.45) is 0 Å². The van der Waals surface area contributed by atoms with Gasteiger partial charge in [-0.3, -0.25) is 0 Å². The van der Waals surface area contributed by atoms with E-state index in [1.807, 2.05) is 44.2 Å². The van der Waals surface area contributed by atoms with Gasteiger partial charge in [-0.2, -0.15) is 5.26 Å². The van der Waals surface area contributed by atoms with Gasteiger partial charge in [0.1, 0.15) is 24.4 Å². The fourth-order valence-corrected chi connectivity index (χ4v) is 4.86. The molecule has 3 saturated heterocycles. The number of methoxy groups -OCH3 is 1. The van der Waals surface area contributed by atoms with Crippen LogP contribution in [0.1, 0.15) is 19.4 Å². The highest BCUT2D eigenvalue weighted by Gasteiger charge is 2.60. The van der Waals surface area contributed by atoms with Gasteiger partial charge in [-0.05, 0) is 13.8 Å². The molecule has 25 heavy (non-hydrogen) atoms. The van der Waals surface area contributed by atoms with Crippen molar-refractivity contribution in [2.45, 2.75) is 55.3 Å². The number of rotatable bonds is 2. The van der Waals surface area contributed by atoms with E-state index >= 15 is 0 Å². The Balaban J connectivity index is 1.66. The van der Waals surface area contributed by atoms with E-state index in [9.17, 15) is 5.26 Å². The summed E-state index contributed by atoms with van der Waals surface area (Å²) in [7, 11) is 1.59. The maximum atomic E-state index is 9.89. The Bertz CT molecular complexity index is 678. The fourth-order valence-electron chi connectivity index (χ4n) is 3.64. The number of nitrogens with zero attached hydrogens (tertiary/aromatic N) is 1. The minimum atomic E-state index is -1.08. The molecule has 6 nitrogen and oxygen atoms in total. The highest BCUT2D eigenvalue weighted by Crippen LogP contribution is 2.49. The van der Waals surface area contributed by atoms with Crippen LogP contribution in [0.15, 0.2) is 30.3 Å². The summed E-state index contributed by atoms with van der Waals surface area (Å²) < 4.78 is 29.9. The van der Waals surface area contributed by atoms with Gasteiger partial charge in [0.25, 0.3) is 0 Å². The summed E-state index contributed by atoms with van der Waals surface area (Å²) in [6, 6.07) is 11.9. The van der Waals surface area contributed by atoms with Crippen LogP contribution in [0.3, 0.4) is 0 Å². The van der Waals surface area contributed by atoms with Crippen LogP contribution in [0, 0.1) is 11.3 Å². The van der Waals surface area contributed by atoms with Crippen LogP contribution in [-0.4, -0.2) is 49.4 Å². The van der Waals surface area contributed by atoms with Gasteiger partial charge in [0.2, 0.25) is 4.93 Å². The molecule has 3 heterocycles. The normalized spacial score (nSPS) is 42.2. The second-order valence-electron chi connectivity index (χ2n) is 6.83. The third-order valence-electron chi connectivity index (χ3n) is 4.72. The molecule has 3 aliphatic rings. The van der Waals surface area contributed by atoms with Gasteiger partial charge in [0.15, 0.2) is 12.1 Å². The molecule has 0 spiro atoms. The van der Waals surface area contributed by atoms with Crippen LogP contribution >= 0.6 is 11.8 Å². The first-order valence-electron chi connectivity index (χ1n) is 8.30. The van der Waals surface area contributed by atoms with Crippen LogP contribution in [0.5, 0.6) is 0 Å². The Hall–Kier alpha value is -1.14. The van der Waals surface area contributed by atoms with Gasteiger partial charge < -0.3 is 23.7 Å². The number of hydrogen-bond donors (Lipinski definition) is 0. The van der Waals surface area contributed by atoms with E-state index in [-0.39, 0.29) is 12.2 Å². The number of benzene rings is 1. The first-order chi connectivity index (χ1) is 12.0. The predicted molar refractivity (Wildman–Crippen MR) is 90.6 cm³/mol. The van der Waals surface area contributed by atoms with Crippen LogP contribution < -0.4 is 0 Å². The number of thioether (sulfide) groups is 1. The van der Waals surface area contributed by atoms with Crippen molar-refractivity contribution in [3.8, 4) is 6.07 Å². The van der Waals surface area contributed by atoms with E-state index in [0.29, 0.717) is 5.75 Å². The molecule has 4 rings (SSSR count). The minimum absolute atomic E-state index is 0.223. The van der Waals surface area contributed by atoms with E-state index in [4.69, 9.17) is 23.7 Å². The molecule has 0 aliphatic carbocycles. The molecule has 0 N–H and O–H groups in total. The van der Waals surface area contributed by atoms with Crippen molar-refractivity contribution in [2.75, 3.05) is 12.9 Å². The Labute approximate surface area is 151 Å². The van der Waals surface area contributed by atoms with Gasteiger partial charge >= 0.3 is 0 Å². The van der Waals surface area contributed by atoms with E-state index in [1.54, 1.807) is 7.11 Å². The Kier molecular flexibility index (Phi) is 4.31. The van der Waals surface area contributed by atoms with Gasteiger partial charge in [0, 0.05) is 18.4 Å².